The molecule has 1 unspecified atom stereocenters. The monoisotopic (exact) mass is 343 g/mol. The van der Waals surface area contributed by atoms with Gasteiger partial charge in [0.2, 0.25) is 0 Å². The van der Waals surface area contributed by atoms with Gasteiger partial charge in [0, 0.05) is 37.1 Å². The van der Waals surface area contributed by atoms with Gasteiger partial charge in [-0.25, -0.2) is 15.0 Å². The average Bonchev–Trinajstić information content (AvgIpc) is 3.22. The van der Waals surface area contributed by atoms with Gasteiger partial charge in [-0.15, -0.1) is 0 Å². The maximum atomic E-state index is 6.09. The summed E-state index contributed by atoms with van der Waals surface area (Å²) in [7, 11) is 0. The summed E-state index contributed by atoms with van der Waals surface area (Å²) in [4.78, 5) is 17.8. The molecule has 7 nitrogen and oxygen atoms in total. The molecule has 0 bridgehead atoms. The second-order valence-electron chi connectivity index (χ2n) is 5.80. The van der Waals surface area contributed by atoms with Gasteiger partial charge in [0.1, 0.15) is 12.2 Å². The highest BCUT2D eigenvalue weighted by Gasteiger charge is 2.20. The van der Waals surface area contributed by atoms with E-state index in [4.69, 9.17) is 16.6 Å². The number of imidazole rings is 1. The molecule has 4 rings (SSSR count). The molecule has 0 saturated carbocycles. The van der Waals surface area contributed by atoms with Crippen molar-refractivity contribution in [3.63, 3.8) is 0 Å². The lowest BCUT2D eigenvalue weighted by molar-refractivity contribution is 0.782. The molecular weight excluding hydrogens is 326 g/mol. The van der Waals surface area contributed by atoms with E-state index in [0.717, 1.165) is 54.4 Å². The Labute approximate surface area is 144 Å². The molecular formula is C16H18ClN7. The van der Waals surface area contributed by atoms with Crippen LogP contribution in [0.5, 0.6) is 0 Å². The summed E-state index contributed by atoms with van der Waals surface area (Å²) in [5.74, 6) is 1.58. The maximum absolute atomic E-state index is 6.09. The first-order valence-electron chi connectivity index (χ1n) is 8.05. The van der Waals surface area contributed by atoms with Crippen molar-refractivity contribution in [1.82, 2.24) is 29.8 Å². The van der Waals surface area contributed by atoms with Crippen molar-refractivity contribution in [3.8, 4) is 11.4 Å². The summed E-state index contributed by atoms with van der Waals surface area (Å²) in [6, 6.07) is 2.23. The van der Waals surface area contributed by atoms with E-state index in [0.29, 0.717) is 11.1 Å². The quantitative estimate of drug-likeness (QED) is 0.756. The van der Waals surface area contributed by atoms with Crippen LogP contribution in [0.3, 0.4) is 0 Å². The number of hydrogen-bond donors (Lipinski definition) is 2. The van der Waals surface area contributed by atoms with E-state index in [1.54, 1.807) is 18.7 Å². The van der Waals surface area contributed by atoms with Gasteiger partial charge in [0.15, 0.2) is 17.0 Å². The Bertz CT molecular complexity index is 870. The van der Waals surface area contributed by atoms with Gasteiger partial charge in [0.05, 0.1) is 5.02 Å². The molecule has 3 aromatic rings. The summed E-state index contributed by atoms with van der Waals surface area (Å²) < 4.78 is 2.06. The number of aryl methyl sites for hydroxylation is 1. The lowest BCUT2D eigenvalue weighted by Gasteiger charge is -2.11. The first kappa shape index (κ1) is 15.3. The highest BCUT2D eigenvalue weighted by Crippen LogP contribution is 2.28. The number of fused-ring (bicyclic) bond motifs is 1. The molecule has 0 radical (unpaired) electrons. The van der Waals surface area contributed by atoms with Crippen LogP contribution in [0.15, 0.2) is 24.8 Å². The SMILES string of the molecule is CCn1c(-c2cncc(Cl)c2)nc2c(NC3CCNC3)ncnc21. The summed E-state index contributed by atoms with van der Waals surface area (Å²) in [5.41, 5.74) is 2.47. The molecule has 1 aliphatic rings. The topological polar surface area (TPSA) is 80.5 Å². The van der Waals surface area contributed by atoms with Crippen LogP contribution in [0.4, 0.5) is 5.82 Å². The Morgan fingerprint density at radius 2 is 2.29 bits per heavy atom. The van der Waals surface area contributed by atoms with Crippen molar-refractivity contribution in [2.24, 2.45) is 0 Å². The number of halogens is 1. The number of nitrogens with one attached hydrogen (secondary N) is 2. The third kappa shape index (κ3) is 2.70. The van der Waals surface area contributed by atoms with E-state index < -0.39 is 0 Å². The molecule has 1 fully saturated rings. The zero-order valence-electron chi connectivity index (χ0n) is 13.3. The second kappa shape index (κ2) is 6.33. The first-order valence-corrected chi connectivity index (χ1v) is 8.43. The Kier molecular flexibility index (Phi) is 4.03. The Morgan fingerprint density at radius 1 is 1.38 bits per heavy atom. The number of nitrogens with zero attached hydrogens (tertiary/aromatic N) is 5. The zero-order chi connectivity index (χ0) is 16.5. The van der Waals surface area contributed by atoms with Crippen LogP contribution >= 0.6 is 11.6 Å². The largest absolute Gasteiger partial charge is 0.364 e. The van der Waals surface area contributed by atoms with E-state index in [2.05, 4.69) is 37.1 Å². The van der Waals surface area contributed by atoms with Crippen LogP contribution in [-0.4, -0.2) is 43.6 Å². The fraction of sp³-hybridized carbons (Fsp3) is 0.375. The number of rotatable bonds is 4. The van der Waals surface area contributed by atoms with E-state index in [9.17, 15) is 0 Å². The summed E-state index contributed by atoms with van der Waals surface area (Å²) >= 11 is 6.09. The Hall–Kier alpha value is -2.25. The van der Waals surface area contributed by atoms with Crippen LogP contribution < -0.4 is 10.6 Å². The van der Waals surface area contributed by atoms with Gasteiger partial charge in [-0.3, -0.25) is 4.98 Å². The molecule has 1 atom stereocenters. The molecule has 0 aliphatic carbocycles. The molecule has 0 spiro atoms. The fourth-order valence-electron chi connectivity index (χ4n) is 3.07. The second-order valence-corrected chi connectivity index (χ2v) is 6.24. The predicted octanol–water partition coefficient (Wildman–Crippen LogP) is 2.34. The van der Waals surface area contributed by atoms with Crippen molar-refractivity contribution in [2.75, 3.05) is 18.4 Å². The van der Waals surface area contributed by atoms with Crippen molar-refractivity contribution in [2.45, 2.75) is 25.9 Å². The van der Waals surface area contributed by atoms with Crippen LogP contribution in [0.1, 0.15) is 13.3 Å². The lowest BCUT2D eigenvalue weighted by atomic mass is 10.2. The van der Waals surface area contributed by atoms with E-state index in [1.165, 1.54) is 0 Å². The van der Waals surface area contributed by atoms with Gasteiger partial charge in [0.25, 0.3) is 0 Å². The molecule has 24 heavy (non-hydrogen) atoms. The lowest BCUT2D eigenvalue weighted by Crippen LogP contribution is -2.22. The summed E-state index contributed by atoms with van der Waals surface area (Å²) in [6.07, 6.45) is 6.04. The highest BCUT2D eigenvalue weighted by molar-refractivity contribution is 6.30. The van der Waals surface area contributed by atoms with Crippen molar-refractivity contribution >= 4 is 28.6 Å². The molecule has 4 heterocycles. The molecule has 0 aromatic carbocycles. The molecule has 0 amide bonds. The third-order valence-electron chi connectivity index (χ3n) is 4.21. The maximum Gasteiger partial charge on any atom is 0.165 e. The van der Waals surface area contributed by atoms with Gasteiger partial charge in [-0.05, 0) is 26.0 Å². The van der Waals surface area contributed by atoms with Crippen molar-refractivity contribution < 1.29 is 0 Å². The van der Waals surface area contributed by atoms with Crippen LogP contribution in [0, 0.1) is 0 Å². The summed E-state index contributed by atoms with van der Waals surface area (Å²) in [5, 5.41) is 7.41. The smallest absolute Gasteiger partial charge is 0.165 e. The molecule has 1 aliphatic heterocycles. The molecule has 3 aromatic heterocycles. The van der Waals surface area contributed by atoms with E-state index in [1.807, 2.05) is 6.07 Å². The minimum atomic E-state index is 0.367. The number of pyridine rings is 1. The van der Waals surface area contributed by atoms with Gasteiger partial charge < -0.3 is 15.2 Å². The number of aromatic nitrogens is 5. The van der Waals surface area contributed by atoms with Crippen molar-refractivity contribution in [3.05, 3.63) is 29.8 Å². The average molecular weight is 344 g/mol. The van der Waals surface area contributed by atoms with Gasteiger partial charge in [-0.2, -0.15) is 0 Å². The van der Waals surface area contributed by atoms with E-state index >= 15 is 0 Å². The molecule has 124 valence electrons. The third-order valence-corrected chi connectivity index (χ3v) is 4.42. The molecule has 2 N–H and O–H groups in total. The fourth-order valence-corrected chi connectivity index (χ4v) is 3.24. The minimum absolute atomic E-state index is 0.367. The predicted molar refractivity (Wildman–Crippen MR) is 94.1 cm³/mol. The highest BCUT2D eigenvalue weighted by atomic mass is 35.5. The standard InChI is InChI=1S/C16H18ClN7/c1-2-24-15(10-5-11(17)7-19-6-10)23-13-14(20-9-21-16(13)24)22-12-3-4-18-8-12/h5-7,9,12,18H,2-4,8H2,1H3,(H,20,21,22). The van der Waals surface area contributed by atoms with Crippen LogP contribution in [0.2, 0.25) is 5.02 Å². The normalized spacial score (nSPS) is 17.5. The van der Waals surface area contributed by atoms with Crippen LogP contribution in [-0.2, 0) is 6.54 Å². The number of anilines is 1. The van der Waals surface area contributed by atoms with Crippen LogP contribution in [0.25, 0.3) is 22.6 Å². The number of hydrogen-bond acceptors (Lipinski definition) is 6. The van der Waals surface area contributed by atoms with E-state index in [-0.39, 0.29) is 0 Å². The first-order chi connectivity index (χ1) is 11.8. The molecule has 1 saturated heterocycles. The van der Waals surface area contributed by atoms with Gasteiger partial charge in [-0.1, -0.05) is 11.6 Å². The Morgan fingerprint density at radius 3 is 3.04 bits per heavy atom. The van der Waals surface area contributed by atoms with Crippen molar-refractivity contribution in [1.29, 1.82) is 0 Å². The Balaban J connectivity index is 1.83. The zero-order valence-corrected chi connectivity index (χ0v) is 14.1. The molecule has 8 heteroatoms. The summed E-state index contributed by atoms with van der Waals surface area (Å²) in [6.45, 7) is 4.78. The van der Waals surface area contributed by atoms with Gasteiger partial charge >= 0.3 is 0 Å². The minimum Gasteiger partial charge on any atom is -0.364 e.